The molecule has 1 unspecified atom stereocenters. The van der Waals surface area contributed by atoms with E-state index >= 15 is 0 Å². The van der Waals surface area contributed by atoms with Gasteiger partial charge in [-0.3, -0.25) is 0 Å². The van der Waals surface area contributed by atoms with E-state index in [0.29, 0.717) is 4.75 Å². The number of nitrogens with one attached hydrogen (secondary N) is 1. The van der Waals surface area contributed by atoms with Crippen LogP contribution in [0.5, 0.6) is 0 Å². The summed E-state index contributed by atoms with van der Waals surface area (Å²) < 4.78 is 37.7. The Morgan fingerprint density at radius 1 is 1.26 bits per heavy atom. The first-order valence-electron chi connectivity index (χ1n) is 6.32. The van der Waals surface area contributed by atoms with Gasteiger partial charge in [0.15, 0.2) is 0 Å². The Hall–Kier alpha value is -0.680. The Bertz CT molecular complexity index is 423. The number of benzene rings is 1. The predicted molar refractivity (Wildman–Crippen MR) is 73.3 cm³/mol. The van der Waals surface area contributed by atoms with Crippen LogP contribution in [0.4, 0.5) is 13.2 Å². The zero-order valence-corrected chi connectivity index (χ0v) is 11.9. The molecule has 0 spiro atoms. The van der Waals surface area contributed by atoms with Crippen molar-refractivity contribution >= 4 is 11.8 Å². The van der Waals surface area contributed by atoms with Crippen molar-refractivity contribution in [3.63, 3.8) is 0 Å². The molecule has 5 heteroatoms. The van der Waals surface area contributed by atoms with Crippen LogP contribution >= 0.6 is 11.8 Å². The molecule has 1 aliphatic carbocycles. The Morgan fingerprint density at radius 3 is 2.26 bits per heavy atom. The maximum atomic E-state index is 12.5. The summed E-state index contributed by atoms with van der Waals surface area (Å²) in [6.45, 7) is 2.90. The van der Waals surface area contributed by atoms with E-state index < -0.39 is 11.7 Å². The molecule has 0 saturated heterocycles. The van der Waals surface area contributed by atoms with E-state index in [1.54, 1.807) is 12.1 Å². The van der Waals surface area contributed by atoms with E-state index in [1.807, 2.05) is 18.7 Å². The lowest BCUT2D eigenvalue weighted by atomic mass is 10.1. The van der Waals surface area contributed by atoms with Crippen LogP contribution in [0.15, 0.2) is 24.3 Å². The van der Waals surface area contributed by atoms with Gasteiger partial charge in [-0.25, -0.2) is 0 Å². The highest BCUT2D eigenvalue weighted by Crippen LogP contribution is 2.46. The molecule has 1 aromatic carbocycles. The van der Waals surface area contributed by atoms with Gasteiger partial charge in [0.2, 0.25) is 0 Å². The fraction of sp³-hybridized carbons (Fsp3) is 0.571. The SMILES string of the molecule is CSC1(CNC(C)c2ccc(C(F)(F)F)cc2)CC1. The zero-order valence-electron chi connectivity index (χ0n) is 11.1. The minimum absolute atomic E-state index is 0.0758. The highest BCUT2D eigenvalue weighted by molar-refractivity contribution is 8.00. The van der Waals surface area contributed by atoms with E-state index in [4.69, 9.17) is 0 Å². The lowest BCUT2D eigenvalue weighted by molar-refractivity contribution is -0.137. The first-order valence-corrected chi connectivity index (χ1v) is 7.54. The van der Waals surface area contributed by atoms with Crippen LogP contribution in [0.25, 0.3) is 0 Å². The fourth-order valence-electron chi connectivity index (χ4n) is 2.01. The molecule has 1 aromatic rings. The summed E-state index contributed by atoms with van der Waals surface area (Å²) in [4.78, 5) is 0. The summed E-state index contributed by atoms with van der Waals surface area (Å²) >= 11 is 1.87. The van der Waals surface area contributed by atoms with Crippen molar-refractivity contribution in [2.24, 2.45) is 0 Å². The van der Waals surface area contributed by atoms with Crippen LogP contribution < -0.4 is 5.32 Å². The fourth-order valence-corrected chi connectivity index (χ4v) is 2.75. The van der Waals surface area contributed by atoms with Gasteiger partial charge in [0.25, 0.3) is 0 Å². The summed E-state index contributed by atoms with van der Waals surface area (Å²) in [5.41, 5.74) is 0.302. The molecule has 0 amide bonds. The van der Waals surface area contributed by atoms with Gasteiger partial charge in [0.05, 0.1) is 5.56 Å². The molecule has 1 atom stereocenters. The second-order valence-electron chi connectivity index (χ2n) is 5.11. The number of rotatable bonds is 5. The maximum absolute atomic E-state index is 12.5. The lowest BCUT2D eigenvalue weighted by Crippen LogP contribution is -2.28. The molecule has 0 bridgehead atoms. The highest BCUT2D eigenvalue weighted by Gasteiger charge is 2.41. The average Bonchev–Trinajstić information content (AvgIpc) is 3.16. The Morgan fingerprint density at radius 2 is 1.84 bits per heavy atom. The molecule has 0 heterocycles. The summed E-state index contributed by atoms with van der Waals surface area (Å²) in [6, 6.07) is 5.48. The molecule has 0 radical (unpaired) electrons. The van der Waals surface area contributed by atoms with E-state index in [-0.39, 0.29) is 6.04 Å². The molecular formula is C14H18F3NS. The molecule has 0 aromatic heterocycles. The number of alkyl halides is 3. The summed E-state index contributed by atoms with van der Waals surface area (Å²) in [5.74, 6) is 0. The third-order valence-corrected chi connectivity index (χ3v) is 5.13. The number of hydrogen-bond acceptors (Lipinski definition) is 2. The van der Waals surface area contributed by atoms with E-state index in [1.165, 1.54) is 12.8 Å². The molecule has 2 rings (SSSR count). The van der Waals surface area contributed by atoms with Gasteiger partial charge in [-0.15, -0.1) is 0 Å². The largest absolute Gasteiger partial charge is 0.416 e. The van der Waals surface area contributed by atoms with Crippen LogP contribution in [0.2, 0.25) is 0 Å². The zero-order chi connectivity index (χ0) is 14.1. The molecule has 1 saturated carbocycles. The van der Waals surface area contributed by atoms with E-state index in [9.17, 15) is 13.2 Å². The van der Waals surface area contributed by atoms with E-state index in [2.05, 4.69) is 11.6 Å². The van der Waals surface area contributed by atoms with Gasteiger partial charge in [0, 0.05) is 17.3 Å². The van der Waals surface area contributed by atoms with Crippen LogP contribution in [0, 0.1) is 0 Å². The molecule has 106 valence electrons. The monoisotopic (exact) mass is 289 g/mol. The van der Waals surface area contributed by atoms with Crippen molar-refractivity contribution < 1.29 is 13.2 Å². The van der Waals surface area contributed by atoms with Crippen LogP contribution in [-0.2, 0) is 6.18 Å². The molecule has 1 nitrogen and oxygen atoms in total. The number of hydrogen-bond donors (Lipinski definition) is 1. The number of thioether (sulfide) groups is 1. The summed E-state index contributed by atoms with van der Waals surface area (Å²) in [6.07, 6.45) is 0.297. The predicted octanol–water partition coefficient (Wildman–Crippen LogP) is 4.25. The molecule has 1 N–H and O–H groups in total. The Labute approximate surface area is 116 Å². The Balaban J connectivity index is 1.94. The van der Waals surface area contributed by atoms with Crippen molar-refractivity contribution in [3.05, 3.63) is 35.4 Å². The second kappa shape index (κ2) is 5.37. The second-order valence-corrected chi connectivity index (χ2v) is 6.38. The van der Waals surface area contributed by atoms with Crippen molar-refractivity contribution in [2.45, 2.75) is 36.7 Å². The smallest absolute Gasteiger partial charge is 0.309 e. The first kappa shape index (κ1) is 14.7. The minimum Gasteiger partial charge on any atom is -0.309 e. The molecular weight excluding hydrogens is 271 g/mol. The summed E-state index contributed by atoms with van der Waals surface area (Å²) in [7, 11) is 0. The van der Waals surface area contributed by atoms with Crippen molar-refractivity contribution in [2.75, 3.05) is 12.8 Å². The van der Waals surface area contributed by atoms with Crippen molar-refractivity contribution in [1.29, 1.82) is 0 Å². The van der Waals surface area contributed by atoms with Gasteiger partial charge < -0.3 is 5.32 Å². The van der Waals surface area contributed by atoms with Gasteiger partial charge in [-0.1, -0.05) is 12.1 Å². The Kier molecular flexibility index (Phi) is 4.16. The molecule has 1 aliphatic rings. The van der Waals surface area contributed by atoms with Gasteiger partial charge in [-0.05, 0) is 43.7 Å². The van der Waals surface area contributed by atoms with Gasteiger partial charge in [-0.2, -0.15) is 24.9 Å². The molecule has 19 heavy (non-hydrogen) atoms. The van der Waals surface area contributed by atoms with Gasteiger partial charge in [0.1, 0.15) is 0 Å². The molecule has 0 aliphatic heterocycles. The lowest BCUT2D eigenvalue weighted by Gasteiger charge is -2.19. The minimum atomic E-state index is -4.26. The maximum Gasteiger partial charge on any atom is 0.416 e. The van der Waals surface area contributed by atoms with Crippen molar-refractivity contribution in [1.82, 2.24) is 5.32 Å². The van der Waals surface area contributed by atoms with E-state index in [0.717, 1.165) is 24.2 Å². The highest BCUT2D eigenvalue weighted by atomic mass is 32.2. The van der Waals surface area contributed by atoms with Gasteiger partial charge >= 0.3 is 6.18 Å². The quantitative estimate of drug-likeness (QED) is 0.869. The number of halogens is 3. The third-order valence-electron chi connectivity index (χ3n) is 3.71. The topological polar surface area (TPSA) is 12.0 Å². The van der Waals surface area contributed by atoms with Crippen molar-refractivity contribution in [3.8, 4) is 0 Å². The summed E-state index contributed by atoms with van der Waals surface area (Å²) in [5, 5.41) is 3.41. The first-order chi connectivity index (χ1) is 8.86. The molecule has 1 fully saturated rings. The standard InChI is InChI=1S/C14H18F3NS/c1-10(18-9-13(19-2)7-8-13)11-3-5-12(6-4-11)14(15,16)17/h3-6,10,18H,7-9H2,1-2H3. The normalized spacial score (nSPS) is 19.2. The van der Waals surface area contributed by atoms with Crippen LogP contribution in [0.3, 0.4) is 0 Å². The average molecular weight is 289 g/mol. The van der Waals surface area contributed by atoms with Crippen LogP contribution in [0.1, 0.15) is 36.9 Å². The third kappa shape index (κ3) is 3.66. The van der Waals surface area contributed by atoms with Crippen LogP contribution in [-0.4, -0.2) is 17.5 Å².